The van der Waals surface area contributed by atoms with Crippen LogP contribution in [0.2, 0.25) is 0 Å². The Kier molecular flexibility index (Phi) is 3.17. The zero-order chi connectivity index (χ0) is 11.7. The van der Waals surface area contributed by atoms with Gasteiger partial charge in [-0.15, -0.1) is 0 Å². The van der Waals surface area contributed by atoms with Gasteiger partial charge < -0.3 is 10.0 Å². The Morgan fingerprint density at radius 3 is 2.47 bits per heavy atom. The first-order valence-corrected chi connectivity index (χ1v) is 6.77. The lowest BCUT2D eigenvalue weighted by atomic mass is 9.75. The predicted molar refractivity (Wildman–Crippen MR) is 68.8 cm³/mol. The van der Waals surface area contributed by atoms with Crippen LogP contribution < -0.4 is 0 Å². The van der Waals surface area contributed by atoms with Gasteiger partial charge in [-0.05, 0) is 43.8 Å². The van der Waals surface area contributed by atoms with E-state index >= 15 is 0 Å². The highest BCUT2D eigenvalue weighted by molar-refractivity contribution is 5.16. The van der Waals surface area contributed by atoms with E-state index in [9.17, 15) is 5.11 Å². The standard InChI is InChI=1S/C15H21NO/c17-15(10-12-4-2-1-3-5-12)14-11-16-8-6-13(14)7-9-16/h1-5,13-15,17H,6-11H2. The average Bonchev–Trinajstić information content (AvgIpc) is 2.41. The fraction of sp³-hybridized carbons (Fsp3) is 0.600. The Morgan fingerprint density at radius 2 is 1.88 bits per heavy atom. The fourth-order valence-corrected chi connectivity index (χ4v) is 3.45. The van der Waals surface area contributed by atoms with Crippen molar-refractivity contribution in [1.82, 2.24) is 4.90 Å². The maximum Gasteiger partial charge on any atom is 0.0623 e. The molecule has 4 rings (SSSR count). The topological polar surface area (TPSA) is 23.5 Å². The Balaban J connectivity index is 1.64. The Hall–Kier alpha value is -0.860. The van der Waals surface area contributed by atoms with Crippen molar-refractivity contribution < 1.29 is 5.11 Å². The summed E-state index contributed by atoms with van der Waals surface area (Å²) in [4.78, 5) is 2.51. The Bertz CT molecular complexity index is 356. The second-order valence-corrected chi connectivity index (χ2v) is 5.56. The quantitative estimate of drug-likeness (QED) is 0.859. The van der Waals surface area contributed by atoms with Crippen LogP contribution in [0.5, 0.6) is 0 Å². The number of aliphatic hydroxyl groups is 1. The lowest BCUT2D eigenvalue weighted by molar-refractivity contribution is -0.0244. The first kappa shape index (κ1) is 11.2. The minimum absolute atomic E-state index is 0.162. The van der Waals surface area contributed by atoms with Crippen molar-refractivity contribution in [2.24, 2.45) is 11.8 Å². The van der Waals surface area contributed by atoms with Crippen LogP contribution in [-0.4, -0.2) is 35.7 Å². The van der Waals surface area contributed by atoms with Crippen LogP contribution in [0.1, 0.15) is 18.4 Å². The molecule has 92 valence electrons. The van der Waals surface area contributed by atoms with Crippen molar-refractivity contribution in [3.63, 3.8) is 0 Å². The van der Waals surface area contributed by atoms with E-state index in [2.05, 4.69) is 29.2 Å². The van der Waals surface area contributed by atoms with Gasteiger partial charge in [0.15, 0.2) is 0 Å². The van der Waals surface area contributed by atoms with Crippen LogP contribution in [0, 0.1) is 11.8 Å². The van der Waals surface area contributed by atoms with Crippen molar-refractivity contribution in [2.75, 3.05) is 19.6 Å². The van der Waals surface area contributed by atoms with E-state index in [0.717, 1.165) is 18.9 Å². The zero-order valence-electron chi connectivity index (χ0n) is 10.3. The van der Waals surface area contributed by atoms with Crippen molar-refractivity contribution in [2.45, 2.75) is 25.4 Å². The second-order valence-electron chi connectivity index (χ2n) is 5.56. The number of hydrogen-bond donors (Lipinski definition) is 1. The molecule has 0 amide bonds. The molecule has 2 nitrogen and oxygen atoms in total. The number of hydrogen-bond acceptors (Lipinski definition) is 2. The van der Waals surface area contributed by atoms with Gasteiger partial charge in [0.05, 0.1) is 6.10 Å². The largest absolute Gasteiger partial charge is 0.392 e. The summed E-state index contributed by atoms with van der Waals surface area (Å²) in [6, 6.07) is 10.4. The number of rotatable bonds is 3. The van der Waals surface area contributed by atoms with Crippen LogP contribution in [0.25, 0.3) is 0 Å². The van der Waals surface area contributed by atoms with Gasteiger partial charge in [-0.2, -0.15) is 0 Å². The molecule has 2 bridgehead atoms. The summed E-state index contributed by atoms with van der Waals surface area (Å²) in [6.45, 7) is 3.61. The molecule has 0 saturated carbocycles. The molecule has 0 radical (unpaired) electrons. The molecule has 3 aliphatic rings. The molecule has 2 atom stereocenters. The maximum absolute atomic E-state index is 10.4. The van der Waals surface area contributed by atoms with Gasteiger partial charge in [-0.25, -0.2) is 0 Å². The second kappa shape index (κ2) is 4.79. The number of fused-ring (bicyclic) bond motifs is 3. The minimum Gasteiger partial charge on any atom is -0.392 e. The molecule has 1 aromatic rings. The summed E-state index contributed by atoms with van der Waals surface area (Å²) < 4.78 is 0. The molecular weight excluding hydrogens is 210 g/mol. The van der Waals surface area contributed by atoms with Crippen LogP contribution in [-0.2, 0) is 6.42 Å². The lowest BCUT2D eigenvalue weighted by Gasteiger charge is -2.46. The Morgan fingerprint density at radius 1 is 1.18 bits per heavy atom. The fourth-order valence-electron chi connectivity index (χ4n) is 3.45. The smallest absolute Gasteiger partial charge is 0.0623 e. The van der Waals surface area contributed by atoms with Gasteiger partial charge in [0.25, 0.3) is 0 Å². The first-order valence-electron chi connectivity index (χ1n) is 6.77. The van der Waals surface area contributed by atoms with E-state index < -0.39 is 0 Å². The molecule has 0 aromatic heterocycles. The number of aliphatic hydroxyl groups excluding tert-OH is 1. The highest BCUT2D eigenvalue weighted by Crippen LogP contribution is 2.35. The summed E-state index contributed by atoms with van der Waals surface area (Å²) in [6.07, 6.45) is 3.23. The van der Waals surface area contributed by atoms with Crippen LogP contribution in [0.15, 0.2) is 30.3 Å². The number of nitrogens with zero attached hydrogens (tertiary/aromatic N) is 1. The van der Waals surface area contributed by atoms with Crippen molar-refractivity contribution in [3.8, 4) is 0 Å². The van der Waals surface area contributed by atoms with Crippen molar-refractivity contribution in [1.29, 1.82) is 0 Å². The summed E-state index contributed by atoms with van der Waals surface area (Å²) in [5.74, 6) is 1.26. The molecule has 0 aliphatic carbocycles. The third-order valence-electron chi connectivity index (χ3n) is 4.49. The van der Waals surface area contributed by atoms with Crippen LogP contribution in [0.4, 0.5) is 0 Å². The van der Waals surface area contributed by atoms with Crippen LogP contribution in [0.3, 0.4) is 0 Å². The van der Waals surface area contributed by atoms with Crippen LogP contribution >= 0.6 is 0 Å². The van der Waals surface area contributed by atoms with Gasteiger partial charge in [-0.1, -0.05) is 30.3 Å². The van der Waals surface area contributed by atoms with E-state index in [1.165, 1.54) is 31.5 Å². The number of benzene rings is 1. The zero-order valence-corrected chi connectivity index (χ0v) is 10.3. The van der Waals surface area contributed by atoms with E-state index in [-0.39, 0.29) is 6.10 Å². The van der Waals surface area contributed by atoms with Gasteiger partial charge >= 0.3 is 0 Å². The van der Waals surface area contributed by atoms with Gasteiger partial charge in [0.1, 0.15) is 0 Å². The molecule has 1 N–H and O–H groups in total. The maximum atomic E-state index is 10.4. The van der Waals surface area contributed by atoms with E-state index in [1.807, 2.05) is 6.07 Å². The molecule has 3 saturated heterocycles. The SMILES string of the molecule is OC(Cc1ccccc1)C1CN2CCC1CC2. The molecule has 2 heteroatoms. The van der Waals surface area contributed by atoms with Crippen molar-refractivity contribution >= 4 is 0 Å². The molecule has 3 aliphatic heterocycles. The number of piperidine rings is 3. The van der Waals surface area contributed by atoms with Gasteiger partial charge in [-0.3, -0.25) is 0 Å². The van der Waals surface area contributed by atoms with E-state index in [1.54, 1.807) is 0 Å². The van der Waals surface area contributed by atoms with E-state index in [4.69, 9.17) is 0 Å². The summed E-state index contributed by atoms with van der Waals surface area (Å²) >= 11 is 0. The first-order chi connectivity index (χ1) is 8.33. The molecule has 2 unspecified atom stereocenters. The monoisotopic (exact) mass is 231 g/mol. The summed E-state index contributed by atoms with van der Waals surface area (Å²) in [7, 11) is 0. The molecule has 17 heavy (non-hydrogen) atoms. The summed E-state index contributed by atoms with van der Waals surface area (Å²) in [5, 5.41) is 10.4. The average molecular weight is 231 g/mol. The van der Waals surface area contributed by atoms with E-state index in [0.29, 0.717) is 5.92 Å². The highest BCUT2D eigenvalue weighted by atomic mass is 16.3. The summed E-state index contributed by atoms with van der Waals surface area (Å²) in [5.41, 5.74) is 1.26. The highest BCUT2D eigenvalue weighted by Gasteiger charge is 2.37. The molecule has 3 fully saturated rings. The normalized spacial score (nSPS) is 33.6. The molecule has 0 spiro atoms. The molecule has 1 aromatic carbocycles. The third kappa shape index (κ3) is 2.38. The molecule has 3 heterocycles. The van der Waals surface area contributed by atoms with Gasteiger partial charge in [0.2, 0.25) is 0 Å². The Labute approximate surface area is 103 Å². The lowest BCUT2D eigenvalue weighted by Crippen LogP contribution is -2.51. The minimum atomic E-state index is -0.162. The third-order valence-corrected chi connectivity index (χ3v) is 4.49. The molecular formula is C15H21NO. The van der Waals surface area contributed by atoms with Gasteiger partial charge in [0, 0.05) is 12.5 Å². The van der Waals surface area contributed by atoms with Crippen molar-refractivity contribution in [3.05, 3.63) is 35.9 Å². The predicted octanol–water partition coefficient (Wildman–Crippen LogP) is 1.93.